The SMILES string of the molecule is CCc1cc([C@@H](C)N(C)C(=O)N2CCN3C(=O)CC[C@H]3[C@@H]2c2cccc3c2CCC3)cc(C(F)(F)F)c1. The Hall–Kier alpha value is -3.03. The molecule has 198 valence electrons. The van der Waals surface area contributed by atoms with Gasteiger partial charge < -0.3 is 14.7 Å². The van der Waals surface area contributed by atoms with E-state index in [1.165, 1.54) is 17.2 Å². The summed E-state index contributed by atoms with van der Waals surface area (Å²) in [6.45, 7) is 4.48. The lowest BCUT2D eigenvalue weighted by atomic mass is 9.89. The quantitative estimate of drug-likeness (QED) is 0.510. The van der Waals surface area contributed by atoms with Crippen LogP contribution in [0.4, 0.5) is 18.0 Å². The number of carbonyl (C=O) groups is 2. The van der Waals surface area contributed by atoms with Crippen molar-refractivity contribution in [1.29, 1.82) is 0 Å². The number of urea groups is 1. The fourth-order valence-electron chi connectivity index (χ4n) is 6.37. The molecule has 2 saturated heterocycles. The fraction of sp³-hybridized carbons (Fsp3) is 0.517. The first-order chi connectivity index (χ1) is 17.6. The molecule has 2 heterocycles. The van der Waals surface area contributed by atoms with Gasteiger partial charge in [-0.2, -0.15) is 13.2 Å². The molecule has 8 heteroatoms. The van der Waals surface area contributed by atoms with Crippen LogP contribution in [0.5, 0.6) is 0 Å². The van der Waals surface area contributed by atoms with E-state index < -0.39 is 17.8 Å². The molecule has 5 rings (SSSR count). The summed E-state index contributed by atoms with van der Waals surface area (Å²) >= 11 is 0. The van der Waals surface area contributed by atoms with Crippen LogP contribution in [-0.2, 0) is 30.2 Å². The Morgan fingerprint density at radius 3 is 2.65 bits per heavy atom. The van der Waals surface area contributed by atoms with Crippen LogP contribution < -0.4 is 0 Å². The molecule has 0 spiro atoms. The number of piperazine rings is 1. The molecule has 0 radical (unpaired) electrons. The van der Waals surface area contributed by atoms with Crippen molar-refractivity contribution in [3.8, 4) is 0 Å². The Kier molecular flexibility index (Phi) is 6.71. The largest absolute Gasteiger partial charge is 0.416 e. The zero-order valence-corrected chi connectivity index (χ0v) is 21.6. The standard InChI is InChI=1S/C29H34F3N3O2/c1-4-19-15-21(17-22(16-19)29(30,31)32)18(2)33(3)28(37)35-14-13-34-25(11-12-26(34)36)27(35)24-10-6-8-20-7-5-9-23(20)24/h6,8,10,15-18,25,27H,4-5,7,9,11-14H2,1-3H3/t18-,25+,27+/m1/s1. The van der Waals surface area contributed by atoms with Crippen LogP contribution >= 0.6 is 0 Å². The van der Waals surface area contributed by atoms with Crippen molar-refractivity contribution < 1.29 is 22.8 Å². The molecule has 2 aromatic rings. The van der Waals surface area contributed by atoms with Gasteiger partial charge in [0.15, 0.2) is 0 Å². The molecule has 0 saturated carbocycles. The van der Waals surface area contributed by atoms with Crippen molar-refractivity contribution in [2.24, 2.45) is 0 Å². The lowest BCUT2D eigenvalue weighted by molar-refractivity contribution is -0.137. The lowest BCUT2D eigenvalue weighted by Gasteiger charge is -2.47. The molecule has 3 atom stereocenters. The number of rotatable bonds is 4. The summed E-state index contributed by atoms with van der Waals surface area (Å²) in [7, 11) is 1.66. The van der Waals surface area contributed by atoms with Crippen LogP contribution in [-0.4, -0.2) is 52.8 Å². The number of benzene rings is 2. The van der Waals surface area contributed by atoms with E-state index in [1.54, 1.807) is 24.9 Å². The molecule has 2 fully saturated rings. The Morgan fingerprint density at radius 2 is 1.92 bits per heavy atom. The Bertz CT molecular complexity index is 1210. The molecule has 2 aromatic carbocycles. The van der Waals surface area contributed by atoms with Gasteiger partial charge in [-0.1, -0.05) is 31.2 Å². The zero-order chi connectivity index (χ0) is 26.5. The second kappa shape index (κ2) is 9.69. The highest BCUT2D eigenvalue weighted by atomic mass is 19.4. The summed E-state index contributed by atoms with van der Waals surface area (Å²) < 4.78 is 40.7. The monoisotopic (exact) mass is 513 g/mol. The van der Waals surface area contributed by atoms with Crippen LogP contribution in [0.1, 0.15) is 78.6 Å². The van der Waals surface area contributed by atoms with E-state index in [-0.39, 0.29) is 24.0 Å². The van der Waals surface area contributed by atoms with Crippen molar-refractivity contribution in [2.75, 3.05) is 20.1 Å². The third kappa shape index (κ3) is 4.59. The highest BCUT2D eigenvalue weighted by Crippen LogP contribution is 2.42. The van der Waals surface area contributed by atoms with Gasteiger partial charge in [0.1, 0.15) is 0 Å². The number of hydrogen-bond acceptors (Lipinski definition) is 2. The van der Waals surface area contributed by atoms with E-state index in [2.05, 4.69) is 12.1 Å². The highest BCUT2D eigenvalue weighted by Gasteiger charge is 2.47. The van der Waals surface area contributed by atoms with Gasteiger partial charge >= 0.3 is 12.2 Å². The molecule has 0 unspecified atom stereocenters. The molecular formula is C29H34F3N3O2. The van der Waals surface area contributed by atoms with E-state index >= 15 is 0 Å². The second-order valence-electron chi connectivity index (χ2n) is 10.6. The van der Waals surface area contributed by atoms with E-state index in [0.717, 1.165) is 30.9 Å². The average molecular weight is 514 g/mol. The minimum absolute atomic E-state index is 0.0822. The molecule has 37 heavy (non-hydrogen) atoms. The van der Waals surface area contributed by atoms with E-state index in [4.69, 9.17) is 0 Å². The first-order valence-electron chi connectivity index (χ1n) is 13.2. The number of aryl methyl sites for hydroxylation is 2. The highest BCUT2D eigenvalue weighted by molar-refractivity contribution is 5.81. The van der Waals surface area contributed by atoms with Gasteiger partial charge in [-0.15, -0.1) is 0 Å². The first kappa shape index (κ1) is 25.6. The number of alkyl halides is 3. The molecule has 2 aliphatic heterocycles. The number of hydrogen-bond donors (Lipinski definition) is 0. The average Bonchev–Trinajstić information content (AvgIpc) is 3.52. The maximum Gasteiger partial charge on any atom is 0.416 e. The van der Waals surface area contributed by atoms with E-state index in [0.29, 0.717) is 43.5 Å². The molecule has 5 nitrogen and oxygen atoms in total. The summed E-state index contributed by atoms with van der Waals surface area (Å²) in [5, 5.41) is 0. The van der Waals surface area contributed by atoms with Crippen LogP contribution in [0.3, 0.4) is 0 Å². The van der Waals surface area contributed by atoms with Gasteiger partial charge in [0.05, 0.1) is 23.7 Å². The summed E-state index contributed by atoms with van der Waals surface area (Å²) in [6.07, 6.45) is 0.252. The predicted molar refractivity (Wildman–Crippen MR) is 135 cm³/mol. The normalized spacial score (nSPS) is 22.2. The van der Waals surface area contributed by atoms with E-state index in [1.807, 2.05) is 22.8 Å². The van der Waals surface area contributed by atoms with Crippen molar-refractivity contribution >= 4 is 11.9 Å². The van der Waals surface area contributed by atoms with Crippen molar-refractivity contribution in [1.82, 2.24) is 14.7 Å². The summed E-state index contributed by atoms with van der Waals surface area (Å²) in [5.74, 6) is 0.132. The lowest BCUT2D eigenvalue weighted by Crippen LogP contribution is -2.57. The second-order valence-corrected chi connectivity index (χ2v) is 10.6. The van der Waals surface area contributed by atoms with E-state index in [9.17, 15) is 22.8 Å². The number of carbonyl (C=O) groups excluding carboxylic acids is 2. The summed E-state index contributed by atoms with van der Waals surface area (Å²) in [5.41, 5.74) is 4.07. The van der Waals surface area contributed by atoms with Crippen molar-refractivity contribution in [3.63, 3.8) is 0 Å². The Morgan fingerprint density at radius 1 is 1.14 bits per heavy atom. The molecular weight excluding hydrogens is 479 g/mol. The van der Waals surface area contributed by atoms with Crippen LogP contribution in [0.2, 0.25) is 0 Å². The Labute approximate surface area is 216 Å². The number of halogens is 3. The van der Waals surface area contributed by atoms with Crippen molar-refractivity contribution in [3.05, 3.63) is 69.8 Å². The maximum atomic E-state index is 14.0. The molecule has 3 amide bonds. The van der Waals surface area contributed by atoms with Gasteiger partial charge in [-0.05, 0) is 79.0 Å². The molecule has 3 aliphatic rings. The molecule has 1 aliphatic carbocycles. The van der Waals surface area contributed by atoms with Crippen LogP contribution in [0.25, 0.3) is 0 Å². The van der Waals surface area contributed by atoms with Gasteiger partial charge in [0.2, 0.25) is 5.91 Å². The van der Waals surface area contributed by atoms with Gasteiger partial charge in [0.25, 0.3) is 0 Å². The summed E-state index contributed by atoms with van der Waals surface area (Å²) in [6, 6.07) is 9.26. The third-order valence-electron chi connectivity index (χ3n) is 8.52. The van der Waals surface area contributed by atoms with Crippen LogP contribution in [0, 0.1) is 0 Å². The fourth-order valence-corrected chi connectivity index (χ4v) is 6.37. The maximum absolute atomic E-state index is 14.0. The topological polar surface area (TPSA) is 43.9 Å². The van der Waals surface area contributed by atoms with Crippen LogP contribution in [0.15, 0.2) is 36.4 Å². The van der Waals surface area contributed by atoms with Gasteiger partial charge in [-0.3, -0.25) is 4.79 Å². The van der Waals surface area contributed by atoms with Crippen molar-refractivity contribution in [2.45, 2.75) is 76.7 Å². The third-order valence-corrected chi connectivity index (χ3v) is 8.52. The smallest absolute Gasteiger partial charge is 0.335 e. The predicted octanol–water partition coefficient (Wildman–Crippen LogP) is 5.92. The minimum Gasteiger partial charge on any atom is -0.335 e. The zero-order valence-electron chi connectivity index (χ0n) is 21.6. The molecule has 0 N–H and O–H groups in total. The van der Waals surface area contributed by atoms with Gasteiger partial charge in [-0.25, -0.2) is 4.79 Å². The Balaban J connectivity index is 1.49. The van der Waals surface area contributed by atoms with Gasteiger partial charge in [0, 0.05) is 26.6 Å². The molecule has 0 bridgehead atoms. The number of amides is 3. The summed E-state index contributed by atoms with van der Waals surface area (Å²) in [4.78, 5) is 32.0. The first-order valence-corrected chi connectivity index (χ1v) is 13.2. The number of nitrogens with zero attached hydrogens (tertiary/aromatic N) is 3. The molecule has 0 aromatic heterocycles. The minimum atomic E-state index is -4.45. The number of fused-ring (bicyclic) bond motifs is 2.